The quantitative estimate of drug-likeness (QED) is 0.741. The molecule has 0 radical (unpaired) electrons. The van der Waals surface area contributed by atoms with Crippen molar-refractivity contribution >= 4 is 16.8 Å². The lowest BCUT2D eigenvalue weighted by Crippen LogP contribution is -2.34. The molecule has 0 saturated carbocycles. The Morgan fingerprint density at radius 2 is 2.00 bits per heavy atom. The maximum absolute atomic E-state index is 12.9. The maximum Gasteiger partial charge on any atom is 0.270 e. The summed E-state index contributed by atoms with van der Waals surface area (Å²) in [6, 6.07) is 11.3. The van der Waals surface area contributed by atoms with Crippen molar-refractivity contribution in [2.24, 2.45) is 5.92 Å². The molecule has 0 unspecified atom stereocenters. The standard InChI is InChI=1S/C20H24N6O/c1-13(2)18(19-25-24-17-9-10-21-11-12-26(17)19)23-20(27)16-8-7-14-5-3-4-6-15(14)22-16/h3-8,13,18,21H,9-12H2,1-2H3,(H,23,27)/t18-/m0/s1. The Balaban J connectivity index is 1.61. The zero-order chi connectivity index (χ0) is 18.8. The Morgan fingerprint density at radius 3 is 2.85 bits per heavy atom. The van der Waals surface area contributed by atoms with E-state index in [9.17, 15) is 4.79 Å². The molecule has 7 heteroatoms. The highest BCUT2D eigenvalue weighted by molar-refractivity contribution is 5.95. The number of pyridine rings is 1. The van der Waals surface area contributed by atoms with Crippen molar-refractivity contribution in [3.8, 4) is 0 Å². The van der Waals surface area contributed by atoms with Crippen LogP contribution in [0.25, 0.3) is 10.9 Å². The van der Waals surface area contributed by atoms with Gasteiger partial charge in [0.05, 0.1) is 11.6 Å². The highest BCUT2D eigenvalue weighted by Gasteiger charge is 2.27. The van der Waals surface area contributed by atoms with Gasteiger partial charge in [0, 0.05) is 31.4 Å². The molecule has 0 aliphatic carbocycles. The van der Waals surface area contributed by atoms with Gasteiger partial charge >= 0.3 is 0 Å². The molecule has 0 fully saturated rings. The van der Waals surface area contributed by atoms with Crippen molar-refractivity contribution in [3.63, 3.8) is 0 Å². The Morgan fingerprint density at radius 1 is 1.15 bits per heavy atom. The number of carbonyl (C=O) groups excluding carboxylic acids is 1. The largest absolute Gasteiger partial charge is 0.340 e. The van der Waals surface area contributed by atoms with Crippen LogP contribution in [0, 0.1) is 5.92 Å². The molecule has 0 spiro atoms. The molecule has 1 aliphatic heterocycles. The molecule has 2 N–H and O–H groups in total. The molecule has 4 rings (SSSR count). The molecule has 140 valence electrons. The van der Waals surface area contributed by atoms with Gasteiger partial charge in [-0.1, -0.05) is 38.1 Å². The Hall–Kier alpha value is -2.80. The van der Waals surface area contributed by atoms with E-state index in [0.717, 1.165) is 48.6 Å². The number of rotatable bonds is 4. The number of hydrogen-bond donors (Lipinski definition) is 2. The molecule has 7 nitrogen and oxygen atoms in total. The van der Waals surface area contributed by atoms with Gasteiger partial charge in [0.15, 0.2) is 5.82 Å². The van der Waals surface area contributed by atoms with Crippen LogP contribution >= 0.6 is 0 Å². The normalized spacial score (nSPS) is 15.4. The second kappa shape index (κ2) is 7.44. The second-order valence-corrected chi connectivity index (χ2v) is 7.21. The number of nitrogens with one attached hydrogen (secondary N) is 2. The van der Waals surface area contributed by atoms with E-state index in [2.05, 4.69) is 44.2 Å². The molecule has 1 aliphatic rings. The SMILES string of the molecule is CC(C)[C@H](NC(=O)c1ccc2ccccc2n1)c1nnc2n1CCNCC2. The molecule has 27 heavy (non-hydrogen) atoms. The van der Waals surface area contributed by atoms with Crippen LogP contribution < -0.4 is 10.6 Å². The summed E-state index contributed by atoms with van der Waals surface area (Å²) in [6.07, 6.45) is 0.845. The molecular weight excluding hydrogens is 340 g/mol. The van der Waals surface area contributed by atoms with Crippen molar-refractivity contribution in [1.82, 2.24) is 30.4 Å². The first-order chi connectivity index (χ1) is 13.1. The smallest absolute Gasteiger partial charge is 0.270 e. The Bertz CT molecular complexity index is 964. The summed E-state index contributed by atoms with van der Waals surface area (Å²) in [6.45, 7) is 6.75. The third kappa shape index (κ3) is 3.55. The van der Waals surface area contributed by atoms with Gasteiger partial charge in [-0.2, -0.15) is 0 Å². The second-order valence-electron chi connectivity index (χ2n) is 7.21. The molecule has 1 aromatic carbocycles. The fourth-order valence-corrected chi connectivity index (χ4v) is 3.46. The van der Waals surface area contributed by atoms with Crippen molar-refractivity contribution < 1.29 is 4.79 Å². The van der Waals surface area contributed by atoms with Gasteiger partial charge in [-0.15, -0.1) is 10.2 Å². The fourth-order valence-electron chi connectivity index (χ4n) is 3.46. The summed E-state index contributed by atoms with van der Waals surface area (Å²) in [5, 5.41) is 16.3. The van der Waals surface area contributed by atoms with Crippen LogP contribution in [0.3, 0.4) is 0 Å². The fraction of sp³-hybridized carbons (Fsp3) is 0.400. The van der Waals surface area contributed by atoms with E-state index in [0.29, 0.717) is 5.69 Å². The van der Waals surface area contributed by atoms with Crippen LogP contribution in [0.2, 0.25) is 0 Å². The van der Waals surface area contributed by atoms with E-state index in [-0.39, 0.29) is 17.9 Å². The summed E-state index contributed by atoms with van der Waals surface area (Å²) in [5.74, 6) is 1.78. The van der Waals surface area contributed by atoms with Gasteiger partial charge in [0.2, 0.25) is 0 Å². The van der Waals surface area contributed by atoms with E-state index in [1.807, 2.05) is 30.3 Å². The first-order valence-electron chi connectivity index (χ1n) is 9.43. The number of aromatic nitrogens is 4. The van der Waals surface area contributed by atoms with Gasteiger partial charge in [-0.3, -0.25) is 4.79 Å². The third-order valence-electron chi connectivity index (χ3n) is 4.96. The van der Waals surface area contributed by atoms with Crippen LogP contribution in [-0.2, 0) is 13.0 Å². The van der Waals surface area contributed by atoms with Crippen LogP contribution in [-0.4, -0.2) is 38.7 Å². The predicted octanol–water partition coefficient (Wildman–Crippen LogP) is 2.10. The Kier molecular flexibility index (Phi) is 4.85. The number of fused-ring (bicyclic) bond motifs is 2. The lowest BCUT2D eigenvalue weighted by Gasteiger charge is -2.22. The maximum atomic E-state index is 12.9. The van der Waals surface area contributed by atoms with E-state index >= 15 is 0 Å². The summed E-state index contributed by atoms with van der Waals surface area (Å²) in [5.41, 5.74) is 1.23. The summed E-state index contributed by atoms with van der Waals surface area (Å²) >= 11 is 0. The lowest BCUT2D eigenvalue weighted by atomic mass is 10.0. The summed E-state index contributed by atoms with van der Waals surface area (Å²) in [4.78, 5) is 17.4. The van der Waals surface area contributed by atoms with Crippen molar-refractivity contribution in [2.45, 2.75) is 32.9 Å². The Labute approximate surface area is 158 Å². The van der Waals surface area contributed by atoms with Gasteiger partial charge in [-0.25, -0.2) is 4.98 Å². The number of carbonyl (C=O) groups is 1. The number of para-hydroxylation sites is 1. The predicted molar refractivity (Wildman–Crippen MR) is 103 cm³/mol. The van der Waals surface area contributed by atoms with Gasteiger partial charge in [-0.05, 0) is 18.1 Å². The van der Waals surface area contributed by atoms with Gasteiger partial charge in [0.1, 0.15) is 11.5 Å². The van der Waals surface area contributed by atoms with Gasteiger partial charge < -0.3 is 15.2 Å². The first kappa shape index (κ1) is 17.6. The van der Waals surface area contributed by atoms with Gasteiger partial charge in [0.25, 0.3) is 5.91 Å². The highest BCUT2D eigenvalue weighted by Crippen LogP contribution is 2.22. The number of nitrogens with zero attached hydrogens (tertiary/aromatic N) is 4. The highest BCUT2D eigenvalue weighted by atomic mass is 16.2. The first-order valence-corrected chi connectivity index (χ1v) is 9.43. The third-order valence-corrected chi connectivity index (χ3v) is 4.96. The minimum absolute atomic E-state index is 0.180. The van der Waals surface area contributed by atoms with E-state index in [1.165, 1.54) is 0 Å². The molecule has 0 bridgehead atoms. The van der Waals surface area contributed by atoms with Crippen LogP contribution in [0.1, 0.15) is 42.0 Å². The van der Waals surface area contributed by atoms with Crippen LogP contribution in [0.4, 0.5) is 0 Å². The molecule has 3 heterocycles. The van der Waals surface area contributed by atoms with Crippen molar-refractivity contribution in [1.29, 1.82) is 0 Å². The molecule has 3 aromatic rings. The topological polar surface area (TPSA) is 84.7 Å². The number of hydrogen-bond acceptors (Lipinski definition) is 5. The minimum Gasteiger partial charge on any atom is -0.340 e. The summed E-state index contributed by atoms with van der Waals surface area (Å²) in [7, 11) is 0. The molecule has 1 amide bonds. The van der Waals surface area contributed by atoms with E-state index in [4.69, 9.17) is 0 Å². The number of benzene rings is 1. The number of amides is 1. The molecule has 2 aromatic heterocycles. The zero-order valence-electron chi connectivity index (χ0n) is 15.6. The zero-order valence-corrected chi connectivity index (χ0v) is 15.6. The van der Waals surface area contributed by atoms with Crippen LogP contribution in [0.5, 0.6) is 0 Å². The average molecular weight is 364 g/mol. The van der Waals surface area contributed by atoms with Crippen LogP contribution in [0.15, 0.2) is 36.4 Å². The van der Waals surface area contributed by atoms with Crippen molar-refractivity contribution in [3.05, 3.63) is 53.7 Å². The summed E-state index contributed by atoms with van der Waals surface area (Å²) < 4.78 is 2.14. The van der Waals surface area contributed by atoms with E-state index in [1.54, 1.807) is 6.07 Å². The molecule has 1 atom stereocenters. The van der Waals surface area contributed by atoms with Crippen molar-refractivity contribution in [2.75, 3.05) is 13.1 Å². The lowest BCUT2D eigenvalue weighted by molar-refractivity contribution is 0.0917. The average Bonchev–Trinajstić information content (AvgIpc) is 2.92. The van der Waals surface area contributed by atoms with E-state index < -0.39 is 0 Å². The minimum atomic E-state index is -0.217. The monoisotopic (exact) mass is 364 g/mol. The molecular formula is C20H24N6O. The molecule has 0 saturated heterocycles.